The third-order valence-electron chi connectivity index (χ3n) is 3.09. The van der Waals surface area contributed by atoms with Crippen molar-refractivity contribution in [2.45, 2.75) is 38.5 Å². The topological polar surface area (TPSA) is 72.5 Å². The first-order valence-corrected chi connectivity index (χ1v) is 6.27. The van der Waals surface area contributed by atoms with Crippen LogP contribution >= 0.6 is 0 Å². The molecule has 0 aliphatic carbocycles. The SMILES string of the molecule is CCCCCC(C(=O)O)c1cccc(OC)c1N. The van der Waals surface area contributed by atoms with Crippen molar-refractivity contribution in [3.63, 3.8) is 0 Å². The third kappa shape index (κ3) is 3.39. The van der Waals surface area contributed by atoms with Crippen LogP contribution in [-0.2, 0) is 4.79 Å². The number of nitrogen functional groups attached to an aromatic ring is 1. The minimum absolute atomic E-state index is 0.434. The Hall–Kier alpha value is -1.71. The largest absolute Gasteiger partial charge is 0.495 e. The average Bonchev–Trinajstić information content (AvgIpc) is 2.35. The highest BCUT2D eigenvalue weighted by atomic mass is 16.5. The Balaban J connectivity index is 2.95. The first kappa shape index (κ1) is 14.4. The van der Waals surface area contributed by atoms with Crippen molar-refractivity contribution in [2.24, 2.45) is 0 Å². The number of aliphatic carboxylic acids is 1. The second kappa shape index (κ2) is 6.89. The molecule has 1 atom stereocenters. The fourth-order valence-electron chi connectivity index (χ4n) is 2.05. The molecule has 1 aromatic rings. The van der Waals surface area contributed by atoms with E-state index in [1.54, 1.807) is 18.2 Å². The standard InChI is InChI=1S/C14H21NO3/c1-3-4-5-7-11(14(16)17)10-8-6-9-12(18-2)13(10)15/h6,8-9,11H,3-5,7,15H2,1-2H3,(H,16,17). The van der Waals surface area contributed by atoms with Gasteiger partial charge in [-0.3, -0.25) is 4.79 Å². The predicted octanol–water partition coefficient (Wildman–Crippen LogP) is 3.03. The van der Waals surface area contributed by atoms with Gasteiger partial charge < -0.3 is 15.6 Å². The van der Waals surface area contributed by atoms with E-state index in [-0.39, 0.29) is 0 Å². The maximum absolute atomic E-state index is 11.3. The number of carboxylic acids is 1. The maximum atomic E-state index is 11.3. The lowest BCUT2D eigenvalue weighted by molar-refractivity contribution is -0.139. The zero-order chi connectivity index (χ0) is 13.5. The Bertz CT molecular complexity index is 404. The normalized spacial score (nSPS) is 12.1. The number of unbranched alkanes of at least 4 members (excludes halogenated alkanes) is 2. The molecule has 0 aromatic heterocycles. The number of anilines is 1. The molecule has 0 heterocycles. The molecule has 0 saturated carbocycles. The maximum Gasteiger partial charge on any atom is 0.311 e. The van der Waals surface area contributed by atoms with Gasteiger partial charge in [-0.05, 0) is 18.1 Å². The minimum Gasteiger partial charge on any atom is -0.495 e. The van der Waals surface area contributed by atoms with E-state index in [1.165, 1.54) is 7.11 Å². The van der Waals surface area contributed by atoms with Gasteiger partial charge in [0.15, 0.2) is 0 Å². The highest BCUT2D eigenvalue weighted by Gasteiger charge is 2.22. The molecule has 0 radical (unpaired) electrons. The monoisotopic (exact) mass is 251 g/mol. The number of carbonyl (C=O) groups is 1. The van der Waals surface area contributed by atoms with E-state index in [4.69, 9.17) is 10.5 Å². The number of hydrogen-bond donors (Lipinski definition) is 2. The molecule has 1 aromatic carbocycles. The van der Waals surface area contributed by atoms with Gasteiger partial charge in [0.1, 0.15) is 5.75 Å². The van der Waals surface area contributed by atoms with Crippen LogP contribution in [0, 0.1) is 0 Å². The summed E-state index contributed by atoms with van der Waals surface area (Å²) in [5.41, 5.74) is 7.03. The van der Waals surface area contributed by atoms with E-state index in [0.717, 1.165) is 19.3 Å². The molecule has 1 rings (SSSR count). The highest BCUT2D eigenvalue weighted by Crippen LogP contribution is 2.33. The van der Waals surface area contributed by atoms with Crippen molar-refractivity contribution in [3.8, 4) is 5.75 Å². The van der Waals surface area contributed by atoms with Crippen molar-refractivity contribution >= 4 is 11.7 Å². The van der Waals surface area contributed by atoms with Gasteiger partial charge in [0, 0.05) is 0 Å². The molecule has 0 fully saturated rings. The van der Waals surface area contributed by atoms with Crippen LogP contribution in [0.4, 0.5) is 5.69 Å². The Kier molecular flexibility index (Phi) is 5.49. The van der Waals surface area contributed by atoms with Crippen LogP contribution in [0.3, 0.4) is 0 Å². The zero-order valence-electron chi connectivity index (χ0n) is 11.0. The van der Waals surface area contributed by atoms with E-state index in [1.807, 2.05) is 0 Å². The van der Waals surface area contributed by atoms with Crippen molar-refractivity contribution < 1.29 is 14.6 Å². The van der Waals surface area contributed by atoms with Gasteiger partial charge in [-0.15, -0.1) is 0 Å². The van der Waals surface area contributed by atoms with E-state index in [2.05, 4.69) is 6.92 Å². The minimum atomic E-state index is -0.828. The molecule has 0 bridgehead atoms. The Labute approximate surface area is 108 Å². The van der Waals surface area contributed by atoms with E-state index in [9.17, 15) is 9.90 Å². The van der Waals surface area contributed by atoms with Crippen molar-refractivity contribution in [1.29, 1.82) is 0 Å². The van der Waals surface area contributed by atoms with Crippen LogP contribution < -0.4 is 10.5 Å². The molecule has 100 valence electrons. The molecule has 0 spiro atoms. The summed E-state index contributed by atoms with van der Waals surface area (Å²) in [6.07, 6.45) is 3.61. The second-order valence-electron chi connectivity index (χ2n) is 4.35. The number of rotatable bonds is 7. The lowest BCUT2D eigenvalue weighted by atomic mass is 9.92. The van der Waals surface area contributed by atoms with Crippen LogP contribution in [0.5, 0.6) is 5.75 Å². The van der Waals surface area contributed by atoms with E-state index >= 15 is 0 Å². The summed E-state index contributed by atoms with van der Waals surface area (Å²) < 4.78 is 5.12. The molecule has 18 heavy (non-hydrogen) atoms. The number of hydrogen-bond acceptors (Lipinski definition) is 3. The first-order valence-electron chi connectivity index (χ1n) is 6.27. The van der Waals surface area contributed by atoms with Gasteiger partial charge in [0.25, 0.3) is 0 Å². The number of carboxylic acid groups (broad SMARTS) is 1. The van der Waals surface area contributed by atoms with Crippen LogP contribution in [0.2, 0.25) is 0 Å². The van der Waals surface area contributed by atoms with Gasteiger partial charge >= 0.3 is 5.97 Å². The number of para-hydroxylation sites is 1. The first-order chi connectivity index (χ1) is 8.61. The Morgan fingerprint density at radius 1 is 1.44 bits per heavy atom. The van der Waals surface area contributed by atoms with Crippen LogP contribution in [0.25, 0.3) is 0 Å². The molecule has 0 amide bonds. The summed E-state index contributed by atoms with van der Waals surface area (Å²) in [6.45, 7) is 2.09. The van der Waals surface area contributed by atoms with E-state index in [0.29, 0.717) is 23.4 Å². The summed E-state index contributed by atoms with van der Waals surface area (Å²) in [5.74, 6) is -0.841. The van der Waals surface area contributed by atoms with Crippen LogP contribution in [-0.4, -0.2) is 18.2 Å². The lowest BCUT2D eigenvalue weighted by Crippen LogP contribution is -2.14. The highest BCUT2D eigenvalue weighted by molar-refractivity contribution is 5.79. The molecule has 0 aliphatic heterocycles. The molecule has 4 nitrogen and oxygen atoms in total. The van der Waals surface area contributed by atoms with Crippen molar-refractivity contribution in [1.82, 2.24) is 0 Å². The molecular weight excluding hydrogens is 230 g/mol. The second-order valence-corrected chi connectivity index (χ2v) is 4.35. The summed E-state index contributed by atoms with van der Waals surface area (Å²) in [7, 11) is 1.53. The summed E-state index contributed by atoms with van der Waals surface area (Å²) >= 11 is 0. The molecule has 4 heteroatoms. The summed E-state index contributed by atoms with van der Waals surface area (Å²) in [5, 5.41) is 9.32. The average molecular weight is 251 g/mol. The van der Waals surface area contributed by atoms with Crippen molar-refractivity contribution in [2.75, 3.05) is 12.8 Å². The van der Waals surface area contributed by atoms with Gasteiger partial charge in [0.2, 0.25) is 0 Å². The van der Waals surface area contributed by atoms with Gasteiger partial charge in [-0.1, -0.05) is 38.3 Å². The van der Waals surface area contributed by atoms with Gasteiger partial charge in [0.05, 0.1) is 18.7 Å². The number of nitrogens with two attached hydrogens (primary N) is 1. The Morgan fingerprint density at radius 3 is 2.72 bits per heavy atom. The smallest absolute Gasteiger partial charge is 0.311 e. The molecule has 3 N–H and O–H groups in total. The van der Waals surface area contributed by atoms with Crippen LogP contribution in [0.1, 0.15) is 44.1 Å². The fraction of sp³-hybridized carbons (Fsp3) is 0.500. The number of benzene rings is 1. The van der Waals surface area contributed by atoms with Gasteiger partial charge in [-0.2, -0.15) is 0 Å². The van der Waals surface area contributed by atoms with Crippen molar-refractivity contribution in [3.05, 3.63) is 23.8 Å². The fourth-order valence-corrected chi connectivity index (χ4v) is 2.05. The summed E-state index contributed by atoms with van der Waals surface area (Å²) in [4.78, 5) is 11.3. The van der Waals surface area contributed by atoms with E-state index < -0.39 is 11.9 Å². The number of ether oxygens (including phenoxy) is 1. The quantitative estimate of drug-likeness (QED) is 0.577. The predicted molar refractivity (Wildman–Crippen MR) is 71.9 cm³/mol. The molecule has 0 aliphatic rings. The molecular formula is C14H21NO3. The third-order valence-corrected chi connectivity index (χ3v) is 3.09. The zero-order valence-corrected chi connectivity index (χ0v) is 11.0. The molecule has 0 saturated heterocycles. The Morgan fingerprint density at radius 2 is 2.17 bits per heavy atom. The number of methoxy groups -OCH3 is 1. The van der Waals surface area contributed by atoms with Crippen LogP contribution in [0.15, 0.2) is 18.2 Å². The van der Waals surface area contributed by atoms with Gasteiger partial charge in [-0.25, -0.2) is 0 Å². The lowest BCUT2D eigenvalue weighted by Gasteiger charge is -2.16. The summed E-state index contributed by atoms with van der Waals surface area (Å²) in [6, 6.07) is 5.28. The molecule has 1 unspecified atom stereocenters.